The topological polar surface area (TPSA) is 164 Å². The molecule has 0 aliphatic carbocycles. The van der Waals surface area contributed by atoms with Gasteiger partial charge in [0, 0.05) is 19.1 Å². The van der Waals surface area contributed by atoms with Crippen LogP contribution in [0.4, 0.5) is 4.79 Å². The minimum Gasteiger partial charge on any atom is -0.421 e. The molecule has 3 fully saturated rings. The summed E-state index contributed by atoms with van der Waals surface area (Å²) in [4.78, 5) is 13.8. The second kappa shape index (κ2) is 5.88. The van der Waals surface area contributed by atoms with Crippen molar-refractivity contribution in [3.63, 3.8) is 0 Å². The first-order valence-electron chi connectivity index (χ1n) is 7.91. The van der Waals surface area contributed by atoms with Gasteiger partial charge in [-0.1, -0.05) is 0 Å². The molecule has 1 aromatic heterocycles. The van der Waals surface area contributed by atoms with Crippen molar-refractivity contribution in [1.29, 1.82) is 0 Å². The molecule has 0 radical (unpaired) electrons. The van der Waals surface area contributed by atoms with Gasteiger partial charge in [-0.15, -0.1) is 14.5 Å². The van der Waals surface area contributed by atoms with E-state index in [1.54, 1.807) is 0 Å². The van der Waals surface area contributed by atoms with E-state index in [4.69, 9.17) is 14.7 Å². The molecule has 0 spiro atoms. The summed E-state index contributed by atoms with van der Waals surface area (Å²) in [6, 6.07) is -1.66. The molecule has 4 atom stereocenters. The molecule has 2 amide bonds. The van der Waals surface area contributed by atoms with Crippen LogP contribution in [0.25, 0.3) is 0 Å². The predicted octanol–water partition coefficient (Wildman–Crippen LogP) is -0.893. The van der Waals surface area contributed by atoms with E-state index in [2.05, 4.69) is 19.8 Å². The fraction of sp³-hybridized carbons (Fsp3) is 0.750. The van der Waals surface area contributed by atoms with Gasteiger partial charge in [0.15, 0.2) is 0 Å². The lowest BCUT2D eigenvalue weighted by atomic mass is 10.0. The van der Waals surface area contributed by atoms with Gasteiger partial charge in [-0.25, -0.2) is 4.79 Å². The molecule has 3 aliphatic heterocycles. The summed E-state index contributed by atoms with van der Waals surface area (Å²) in [7, 11) is -4.77. The van der Waals surface area contributed by atoms with Crippen molar-refractivity contribution in [3.8, 4) is 0 Å². The Kier molecular flexibility index (Phi) is 3.92. The van der Waals surface area contributed by atoms with Crippen LogP contribution in [0.2, 0.25) is 0 Å². The molecule has 12 nitrogen and oxygen atoms in total. The van der Waals surface area contributed by atoms with Crippen LogP contribution in [0.3, 0.4) is 0 Å². The van der Waals surface area contributed by atoms with Gasteiger partial charge in [0.2, 0.25) is 11.8 Å². The standard InChI is InChI=1S/C12H18N6O6S/c13-6-3-8(14-4-6)10-15-16-11(23-10)9-2-1-7-5-17(9)12(19)18(7)24-25(20,21)22/h6-9,14H,1-5,13H2,(H,20,21,22)/t6-,7?,8-,9?/m1/s1. The lowest BCUT2D eigenvalue weighted by molar-refractivity contribution is -0.0317. The number of piperidine rings is 1. The number of hydroxylamine groups is 2. The van der Waals surface area contributed by atoms with E-state index < -0.39 is 28.5 Å². The summed E-state index contributed by atoms with van der Waals surface area (Å²) in [6.07, 6.45) is 1.68. The second-order valence-electron chi connectivity index (χ2n) is 6.45. The number of rotatable bonds is 4. The van der Waals surface area contributed by atoms with Crippen molar-refractivity contribution in [2.24, 2.45) is 5.73 Å². The number of aromatic nitrogens is 2. The molecule has 2 bridgehead atoms. The van der Waals surface area contributed by atoms with Gasteiger partial charge < -0.3 is 20.4 Å². The quantitative estimate of drug-likeness (QED) is 0.563. The highest BCUT2D eigenvalue weighted by Crippen LogP contribution is 2.38. The van der Waals surface area contributed by atoms with Crippen molar-refractivity contribution in [2.75, 3.05) is 13.1 Å². The van der Waals surface area contributed by atoms with Crippen LogP contribution >= 0.6 is 0 Å². The average Bonchev–Trinajstić information content (AvgIpc) is 3.23. The molecular formula is C12H18N6O6S. The van der Waals surface area contributed by atoms with Crippen molar-refractivity contribution >= 4 is 16.4 Å². The maximum Gasteiger partial charge on any atom is 0.418 e. The Hall–Kier alpha value is -1.80. The van der Waals surface area contributed by atoms with Crippen molar-refractivity contribution in [3.05, 3.63) is 11.8 Å². The molecule has 0 saturated carbocycles. The van der Waals surface area contributed by atoms with Crippen molar-refractivity contribution < 1.29 is 26.5 Å². The zero-order valence-corrected chi connectivity index (χ0v) is 13.9. The largest absolute Gasteiger partial charge is 0.421 e. The number of hydrogen-bond donors (Lipinski definition) is 3. The first-order chi connectivity index (χ1) is 11.8. The third-order valence-electron chi connectivity index (χ3n) is 4.70. The SMILES string of the molecule is N[C@H]1CN[C@@H](c2nnc(C3CCC4CN3C(=O)N4OS(=O)(=O)O)o2)C1. The molecule has 2 unspecified atom stereocenters. The Morgan fingerprint density at radius 3 is 2.76 bits per heavy atom. The fourth-order valence-corrected chi connectivity index (χ4v) is 3.95. The number of nitrogens with one attached hydrogen (secondary N) is 1. The maximum atomic E-state index is 12.4. The number of urea groups is 1. The average molecular weight is 374 g/mol. The Morgan fingerprint density at radius 1 is 1.32 bits per heavy atom. The van der Waals surface area contributed by atoms with Crippen LogP contribution in [-0.4, -0.2) is 64.3 Å². The molecule has 25 heavy (non-hydrogen) atoms. The van der Waals surface area contributed by atoms with E-state index in [-0.39, 0.29) is 24.5 Å². The van der Waals surface area contributed by atoms with E-state index >= 15 is 0 Å². The third kappa shape index (κ3) is 3.08. The zero-order valence-electron chi connectivity index (χ0n) is 13.1. The third-order valence-corrected chi connectivity index (χ3v) is 5.05. The van der Waals surface area contributed by atoms with Crippen molar-refractivity contribution in [1.82, 2.24) is 25.5 Å². The van der Waals surface area contributed by atoms with E-state index in [1.165, 1.54) is 4.90 Å². The number of amides is 2. The molecule has 4 rings (SSSR count). The number of fused-ring (bicyclic) bond motifs is 2. The molecule has 138 valence electrons. The summed E-state index contributed by atoms with van der Waals surface area (Å²) >= 11 is 0. The molecule has 0 aromatic carbocycles. The second-order valence-corrected chi connectivity index (χ2v) is 7.45. The zero-order chi connectivity index (χ0) is 17.8. The Morgan fingerprint density at radius 2 is 2.08 bits per heavy atom. The number of nitrogens with two attached hydrogens (primary N) is 1. The minimum atomic E-state index is -4.77. The minimum absolute atomic E-state index is 0.0297. The summed E-state index contributed by atoms with van der Waals surface area (Å²) in [5.74, 6) is 0.709. The Bertz CT molecular complexity index is 783. The molecule has 1 aromatic rings. The summed E-state index contributed by atoms with van der Waals surface area (Å²) in [5, 5.41) is 12.0. The smallest absolute Gasteiger partial charge is 0.418 e. The van der Waals surface area contributed by atoms with E-state index in [1.807, 2.05) is 0 Å². The van der Waals surface area contributed by atoms with Crippen molar-refractivity contribution in [2.45, 2.75) is 43.4 Å². The van der Waals surface area contributed by atoms with Gasteiger partial charge in [0.05, 0.1) is 12.1 Å². The first kappa shape index (κ1) is 16.7. The Labute approximate surface area is 143 Å². The van der Waals surface area contributed by atoms with Gasteiger partial charge in [0.25, 0.3) is 0 Å². The molecular weight excluding hydrogens is 356 g/mol. The predicted molar refractivity (Wildman–Crippen MR) is 80.0 cm³/mol. The molecule has 3 saturated heterocycles. The lowest BCUT2D eigenvalue weighted by Crippen LogP contribution is -2.35. The van der Waals surface area contributed by atoms with Gasteiger partial charge in [-0.05, 0) is 19.3 Å². The molecule has 13 heteroatoms. The van der Waals surface area contributed by atoms with Crippen LogP contribution in [0.15, 0.2) is 4.42 Å². The first-order valence-corrected chi connectivity index (χ1v) is 9.27. The molecule has 3 aliphatic rings. The summed E-state index contributed by atoms with van der Waals surface area (Å²) in [6.45, 7) is 0.920. The lowest BCUT2D eigenvalue weighted by Gasteiger charge is -2.27. The fourth-order valence-electron chi connectivity index (χ4n) is 3.56. The van der Waals surface area contributed by atoms with E-state index in [0.717, 1.165) is 0 Å². The van der Waals surface area contributed by atoms with Crippen LogP contribution < -0.4 is 11.1 Å². The number of nitrogens with zero attached hydrogens (tertiary/aromatic N) is 4. The molecule has 4 heterocycles. The van der Waals surface area contributed by atoms with E-state index in [0.29, 0.717) is 36.8 Å². The van der Waals surface area contributed by atoms with Gasteiger partial charge in [0.1, 0.15) is 6.04 Å². The van der Waals surface area contributed by atoms with Crippen LogP contribution in [0.1, 0.15) is 43.1 Å². The molecule has 4 N–H and O–H groups in total. The highest BCUT2D eigenvalue weighted by atomic mass is 32.3. The van der Waals surface area contributed by atoms with E-state index in [9.17, 15) is 13.2 Å². The van der Waals surface area contributed by atoms with Gasteiger partial charge in [-0.2, -0.15) is 13.5 Å². The highest BCUT2D eigenvalue weighted by Gasteiger charge is 2.49. The summed E-state index contributed by atoms with van der Waals surface area (Å²) < 4.78 is 40.8. The highest BCUT2D eigenvalue weighted by molar-refractivity contribution is 7.80. The van der Waals surface area contributed by atoms with Gasteiger partial charge in [-0.3, -0.25) is 4.55 Å². The number of carbonyl (C=O) groups is 1. The van der Waals surface area contributed by atoms with Crippen LogP contribution in [0, 0.1) is 0 Å². The Balaban J connectivity index is 1.51. The summed E-state index contributed by atoms with van der Waals surface area (Å²) in [5.41, 5.74) is 5.85. The van der Waals surface area contributed by atoms with Crippen LogP contribution in [-0.2, 0) is 14.7 Å². The van der Waals surface area contributed by atoms with Gasteiger partial charge >= 0.3 is 16.4 Å². The monoisotopic (exact) mass is 374 g/mol. The maximum absolute atomic E-state index is 12.4. The number of hydrogen-bond acceptors (Lipinski definition) is 9. The number of carbonyl (C=O) groups excluding carboxylic acids is 1. The van der Waals surface area contributed by atoms with Crippen LogP contribution in [0.5, 0.6) is 0 Å². The normalized spacial score (nSPS) is 32.6.